The Bertz CT molecular complexity index is 514. The van der Waals surface area contributed by atoms with Crippen LogP contribution in [0.5, 0.6) is 17.2 Å². The zero-order chi connectivity index (χ0) is 11.5. The highest BCUT2D eigenvalue weighted by atomic mass is 35.5. The van der Waals surface area contributed by atoms with Crippen LogP contribution in [0.15, 0.2) is 42.5 Å². The molecule has 0 atom stereocenters. The number of halogens is 2. The number of hydrogen-bond acceptors (Lipinski definition) is 2. The maximum Gasteiger partial charge on any atom is 0.165 e. The summed E-state index contributed by atoms with van der Waals surface area (Å²) in [7, 11) is 0. The molecule has 0 unspecified atom stereocenters. The standard InChI is InChI=1S/C12H8ClFO2/c13-8-2-1-3-9(6-8)16-10-4-5-11(14)12(15)7-10/h1-7,15H. The maximum atomic E-state index is 12.8. The monoisotopic (exact) mass is 238 g/mol. The zero-order valence-electron chi connectivity index (χ0n) is 8.15. The summed E-state index contributed by atoms with van der Waals surface area (Å²) in [6.07, 6.45) is 0. The Kier molecular flexibility index (Phi) is 2.97. The fourth-order valence-corrected chi connectivity index (χ4v) is 1.40. The van der Waals surface area contributed by atoms with Crippen LogP contribution >= 0.6 is 11.6 Å². The quantitative estimate of drug-likeness (QED) is 0.858. The van der Waals surface area contributed by atoms with Crippen molar-refractivity contribution in [1.29, 1.82) is 0 Å². The Morgan fingerprint density at radius 1 is 1.06 bits per heavy atom. The molecule has 2 rings (SSSR count). The lowest BCUT2D eigenvalue weighted by Gasteiger charge is -2.06. The van der Waals surface area contributed by atoms with E-state index in [4.69, 9.17) is 21.4 Å². The van der Waals surface area contributed by atoms with Crippen LogP contribution in [-0.4, -0.2) is 5.11 Å². The lowest BCUT2D eigenvalue weighted by molar-refractivity contribution is 0.421. The SMILES string of the molecule is Oc1cc(Oc2cccc(Cl)c2)ccc1F. The molecule has 0 aromatic heterocycles. The van der Waals surface area contributed by atoms with Crippen LogP contribution < -0.4 is 4.74 Å². The van der Waals surface area contributed by atoms with Gasteiger partial charge in [-0.3, -0.25) is 0 Å². The summed E-state index contributed by atoms with van der Waals surface area (Å²) in [5.41, 5.74) is 0. The van der Waals surface area contributed by atoms with Crippen molar-refractivity contribution >= 4 is 11.6 Å². The van der Waals surface area contributed by atoms with Crippen molar-refractivity contribution in [3.05, 3.63) is 53.3 Å². The van der Waals surface area contributed by atoms with Gasteiger partial charge in [0.25, 0.3) is 0 Å². The Labute approximate surface area is 96.9 Å². The van der Waals surface area contributed by atoms with Gasteiger partial charge in [0.1, 0.15) is 11.5 Å². The highest BCUT2D eigenvalue weighted by molar-refractivity contribution is 6.30. The number of hydrogen-bond donors (Lipinski definition) is 1. The van der Waals surface area contributed by atoms with Gasteiger partial charge in [0.15, 0.2) is 11.6 Å². The average Bonchev–Trinajstić information content (AvgIpc) is 2.24. The van der Waals surface area contributed by atoms with Gasteiger partial charge in [-0.05, 0) is 30.3 Å². The number of aromatic hydroxyl groups is 1. The molecule has 2 nitrogen and oxygen atoms in total. The Balaban J connectivity index is 2.24. The second kappa shape index (κ2) is 4.41. The van der Waals surface area contributed by atoms with Crippen molar-refractivity contribution < 1.29 is 14.2 Å². The molecule has 0 saturated heterocycles. The number of phenolic OH excluding ortho intramolecular Hbond substituents is 1. The van der Waals surface area contributed by atoms with E-state index in [-0.39, 0.29) is 0 Å². The summed E-state index contributed by atoms with van der Waals surface area (Å²) in [6, 6.07) is 10.6. The van der Waals surface area contributed by atoms with E-state index in [0.717, 1.165) is 6.07 Å². The number of ether oxygens (including phenoxy) is 1. The molecule has 0 aliphatic rings. The fraction of sp³-hybridized carbons (Fsp3) is 0. The maximum absolute atomic E-state index is 12.8. The van der Waals surface area contributed by atoms with Gasteiger partial charge in [-0.1, -0.05) is 17.7 Å². The van der Waals surface area contributed by atoms with Crippen molar-refractivity contribution in [3.8, 4) is 17.2 Å². The average molecular weight is 239 g/mol. The molecular formula is C12H8ClFO2. The molecule has 0 fully saturated rings. The number of rotatable bonds is 2. The lowest BCUT2D eigenvalue weighted by Crippen LogP contribution is -1.85. The molecule has 0 amide bonds. The molecule has 16 heavy (non-hydrogen) atoms. The van der Waals surface area contributed by atoms with E-state index < -0.39 is 11.6 Å². The Morgan fingerprint density at radius 3 is 2.50 bits per heavy atom. The summed E-state index contributed by atoms with van der Waals surface area (Å²) in [5.74, 6) is -0.252. The highest BCUT2D eigenvalue weighted by Gasteiger charge is 2.03. The molecule has 82 valence electrons. The van der Waals surface area contributed by atoms with Crippen LogP contribution in [0.4, 0.5) is 4.39 Å². The van der Waals surface area contributed by atoms with Crippen LogP contribution in [0.3, 0.4) is 0 Å². The number of benzene rings is 2. The van der Waals surface area contributed by atoms with Gasteiger partial charge in [-0.15, -0.1) is 0 Å². The molecule has 0 spiro atoms. The van der Waals surface area contributed by atoms with Gasteiger partial charge in [-0.2, -0.15) is 0 Å². The minimum absolute atomic E-state index is 0.348. The molecule has 2 aromatic rings. The first kappa shape index (κ1) is 10.8. The normalized spacial score (nSPS) is 10.1. The first-order chi connectivity index (χ1) is 7.65. The smallest absolute Gasteiger partial charge is 0.165 e. The van der Waals surface area contributed by atoms with E-state index >= 15 is 0 Å². The lowest BCUT2D eigenvalue weighted by atomic mass is 10.3. The Morgan fingerprint density at radius 2 is 1.81 bits per heavy atom. The third-order valence-electron chi connectivity index (χ3n) is 1.95. The predicted octanol–water partition coefficient (Wildman–Crippen LogP) is 3.98. The minimum Gasteiger partial charge on any atom is -0.505 e. The van der Waals surface area contributed by atoms with Gasteiger partial charge in [0, 0.05) is 11.1 Å². The van der Waals surface area contributed by atoms with Crippen LogP contribution in [0.2, 0.25) is 5.02 Å². The van der Waals surface area contributed by atoms with Gasteiger partial charge in [-0.25, -0.2) is 4.39 Å². The summed E-state index contributed by atoms with van der Waals surface area (Å²) in [6.45, 7) is 0. The second-order valence-corrected chi connectivity index (χ2v) is 3.61. The van der Waals surface area contributed by atoms with E-state index in [1.807, 2.05) is 0 Å². The van der Waals surface area contributed by atoms with Crippen molar-refractivity contribution in [2.45, 2.75) is 0 Å². The van der Waals surface area contributed by atoms with Gasteiger partial charge < -0.3 is 9.84 Å². The predicted molar refractivity (Wildman–Crippen MR) is 59.6 cm³/mol. The molecule has 2 aromatic carbocycles. The minimum atomic E-state index is -0.682. The van der Waals surface area contributed by atoms with Crippen LogP contribution in [0, 0.1) is 5.82 Å². The largest absolute Gasteiger partial charge is 0.505 e. The summed E-state index contributed by atoms with van der Waals surface area (Å²) < 4.78 is 18.2. The van der Waals surface area contributed by atoms with Crippen molar-refractivity contribution in [2.24, 2.45) is 0 Å². The second-order valence-electron chi connectivity index (χ2n) is 3.17. The summed E-state index contributed by atoms with van der Waals surface area (Å²) >= 11 is 5.78. The zero-order valence-corrected chi connectivity index (χ0v) is 8.91. The van der Waals surface area contributed by atoms with E-state index in [2.05, 4.69) is 0 Å². The van der Waals surface area contributed by atoms with E-state index in [1.165, 1.54) is 12.1 Å². The van der Waals surface area contributed by atoms with Crippen molar-refractivity contribution in [3.63, 3.8) is 0 Å². The summed E-state index contributed by atoms with van der Waals surface area (Å²) in [5, 5.41) is 9.70. The van der Waals surface area contributed by atoms with E-state index in [0.29, 0.717) is 16.5 Å². The third-order valence-corrected chi connectivity index (χ3v) is 2.18. The first-order valence-corrected chi connectivity index (χ1v) is 4.95. The van der Waals surface area contributed by atoms with E-state index in [9.17, 15) is 4.39 Å². The molecule has 4 heteroatoms. The molecule has 0 saturated carbocycles. The summed E-state index contributed by atoms with van der Waals surface area (Å²) in [4.78, 5) is 0. The molecule has 1 N–H and O–H groups in total. The third kappa shape index (κ3) is 2.44. The highest BCUT2D eigenvalue weighted by Crippen LogP contribution is 2.27. The molecule has 0 bridgehead atoms. The van der Waals surface area contributed by atoms with Crippen molar-refractivity contribution in [2.75, 3.05) is 0 Å². The van der Waals surface area contributed by atoms with Crippen LogP contribution in [0.25, 0.3) is 0 Å². The molecule has 0 aliphatic heterocycles. The van der Waals surface area contributed by atoms with Gasteiger partial charge >= 0.3 is 0 Å². The molecule has 0 radical (unpaired) electrons. The van der Waals surface area contributed by atoms with Gasteiger partial charge in [0.05, 0.1) is 0 Å². The molecular weight excluding hydrogens is 231 g/mol. The van der Waals surface area contributed by atoms with E-state index in [1.54, 1.807) is 24.3 Å². The van der Waals surface area contributed by atoms with Gasteiger partial charge in [0.2, 0.25) is 0 Å². The van der Waals surface area contributed by atoms with Crippen LogP contribution in [0.1, 0.15) is 0 Å². The Hall–Kier alpha value is -1.74. The molecule has 0 heterocycles. The number of phenols is 1. The van der Waals surface area contributed by atoms with Crippen molar-refractivity contribution in [1.82, 2.24) is 0 Å². The fourth-order valence-electron chi connectivity index (χ4n) is 1.22. The molecule has 0 aliphatic carbocycles. The van der Waals surface area contributed by atoms with Crippen LogP contribution in [-0.2, 0) is 0 Å². The first-order valence-electron chi connectivity index (χ1n) is 4.57. The topological polar surface area (TPSA) is 29.5 Å².